The van der Waals surface area contributed by atoms with Crippen LogP contribution in [0.25, 0.3) is 22.3 Å². The van der Waals surface area contributed by atoms with Crippen molar-refractivity contribution in [1.82, 2.24) is 0 Å². The number of aliphatic hydroxyl groups is 4. The molecule has 3 aromatic rings. The van der Waals surface area contributed by atoms with Gasteiger partial charge in [-0.15, -0.1) is 0 Å². The van der Waals surface area contributed by atoms with Gasteiger partial charge in [0.25, 0.3) is 0 Å². The summed E-state index contributed by atoms with van der Waals surface area (Å²) < 4.78 is 21.5. The molecule has 0 saturated carbocycles. The predicted octanol–water partition coefficient (Wildman–Crippen LogP) is 0.0585. The summed E-state index contributed by atoms with van der Waals surface area (Å²) in [7, 11) is 1.38. The highest BCUT2D eigenvalue weighted by Gasteiger charge is 2.44. The van der Waals surface area contributed by atoms with Crippen molar-refractivity contribution in [1.29, 1.82) is 0 Å². The van der Waals surface area contributed by atoms with Crippen molar-refractivity contribution in [2.24, 2.45) is 0 Å². The average molecular weight is 462 g/mol. The van der Waals surface area contributed by atoms with Crippen LogP contribution < -0.4 is 14.9 Å². The molecular formula is C22H22O11. The highest BCUT2D eigenvalue weighted by Crippen LogP contribution is 2.36. The lowest BCUT2D eigenvalue weighted by Gasteiger charge is -2.39. The molecule has 33 heavy (non-hydrogen) atoms. The average Bonchev–Trinajstić information content (AvgIpc) is 2.81. The molecule has 0 spiro atoms. The van der Waals surface area contributed by atoms with Gasteiger partial charge in [-0.1, -0.05) is 0 Å². The first-order valence-electron chi connectivity index (χ1n) is 9.89. The zero-order valence-electron chi connectivity index (χ0n) is 17.3. The van der Waals surface area contributed by atoms with Crippen LogP contribution in [0.5, 0.6) is 23.0 Å². The normalized spacial score (nSPS) is 25.2. The Labute approximate surface area is 186 Å². The van der Waals surface area contributed by atoms with E-state index in [0.29, 0.717) is 5.56 Å². The number of benzene rings is 2. The summed E-state index contributed by atoms with van der Waals surface area (Å²) in [6, 6.07) is 8.42. The number of hydrogen-bond donors (Lipinski definition) is 6. The fourth-order valence-corrected chi connectivity index (χ4v) is 3.56. The molecule has 11 nitrogen and oxygen atoms in total. The van der Waals surface area contributed by atoms with Crippen molar-refractivity contribution in [2.45, 2.75) is 30.7 Å². The SMILES string of the molecule is COc1cc(O)c2c(=O)c(O)c(-c3ccc(OC4OC(CO)C(O)C(O)C4O)cc3)oc2c1. The minimum Gasteiger partial charge on any atom is -0.507 e. The second kappa shape index (κ2) is 8.89. The number of aromatic hydroxyl groups is 2. The minimum absolute atomic E-state index is 0.00583. The molecular weight excluding hydrogens is 440 g/mol. The Kier molecular flexibility index (Phi) is 6.15. The van der Waals surface area contributed by atoms with Crippen LogP contribution in [-0.2, 0) is 4.74 Å². The van der Waals surface area contributed by atoms with Gasteiger partial charge < -0.3 is 49.3 Å². The van der Waals surface area contributed by atoms with Crippen molar-refractivity contribution in [3.8, 4) is 34.3 Å². The van der Waals surface area contributed by atoms with Gasteiger partial charge in [-0.05, 0) is 24.3 Å². The van der Waals surface area contributed by atoms with E-state index in [0.717, 1.165) is 0 Å². The highest BCUT2D eigenvalue weighted by molar-refractivity contribution is 5.88. The Hall–Kier alpha value is -3.35. The van der Waals surface area contributed by atoms with Crippen LogP contribution >= 0.6 is 0 Å². The van der Waals surface area contributed by atoms with Crippen molar-refractivity contribution in [2.75, 3.05) is 13.7 Å². The first-order chi connectivity index (χ1) is 15.7. The second-order valence-electron chi connectivity index (χ2n) is 7.47. The van der Waals surface area contributed by atoms with Gasteiger partial charge >= 0.3 is 0 Å². The van der Waals surface area contributed by atoms with Gasteiger partial charge in [-0.25, -0.2) is 0 Å². The number of rotatable bonds is 5. The van der Waals surface area contributed by atoms with Crippen LogP contribution in [-0.4, -0.2) is 75.1 Å². The molecule has 1 aromatic heterocycles. The Morgan fingerprint density at radius 2 is 1.67 bits per heavy atom. The van der Waals surface area contributed by atoms with E-state index in [9.17, 15) is 35.4 Å². The number of phenolic OH excluding ortho intramolecular Hbond substituents is 1. The molecule has 5 atom stereocenters. The third-order valence-electron chi connectivity index (χ3n) is 5.38. The lowest BCUT2D eigenvalue weighted by molar-refractivity contribution is -0.277. The van der Waals surface area contributed by atoms with E-state index < -0.39 is 54.2 Å². The van der Waals surface area contributed by atoms with Gasteiger partial charge in [0.05, 0.1) is 13.7 Å². The number of ether oxygens (including phenoxy) is 3. The standard InChI is InChI=1S/C22H22O11/c1-30-11-6-12(24)15-13(7-11)32-21(19(28)17(15)26)9-2-4-10(5-3-9)31-22-20(29)18(27)16(25)14(8-23)33-22/h2-7,14,16,18,20,22-25,27-29H,8H2,1H3. The topological polar surface area (TPSA) is 179 Å². The zero-order valence-corrected chi connectivity index (χ0v) is 17.3. The van der Waals surface area contributed by atoms with Crippen LogP contribution in [0.3, 0.4) is 0 Å². The molecule has 0 bridgehead atoms. The van der Waals surface area contributed by atoms with Crippen molar-refractivity contribution in [3.63, 3.8) is 0 Å². The number of phenols is 1. The number of fused-ring (bicyclic) bond motifs is 1. The first kappa shape index (κ1) is 22.8. The van der Waals surface area contributed by atoms with Crippen LogP contribution in [0.4, 0.5) is 0 Å². The van der Waals surface area contributed by atoms with Crippen LogP contribution in [0.2, 0.25) is 0 Å². The molecule has 0 radical (unpaired) electrons. The zero-order chi connectivity index (χ0) is 23.9. The molecule has 1 aliphatic rings. The number of hydrogen-bond acceptors (Lipinski definition) is 11. The van der Waals surface area contributed by atoms with Crippen LogP contribution in [0, 0.1) is 0 Å². The van der Waals surface area contributed by atoms with Gasteiger partial charge in [0, 0.05) is 17.7 Å². The van der Waals surface area contributed by atoms with Crippen LogP contribution in [0.15, 0.2) is 45.6 Å². The molecule has 11 heteroatoms. The number of aliphatic hydroxyl groups excluding tert-OH is 4. The molecule has 2 heterocycles. The maximum atomic E-state index is 12.6. The van der Waals surface area contributed by atoms with Gasteiger partial charge in [-0.3, -0.25) is 4.79 Å². The summed E-state index contributed by atoms with van der Waals surface area (Å²) in [5, 5.41) is 59.3. The van der Waals surface area contributed by atoms with E-state index in [1.54, 1.807) is 0 Å². The Balaban J connectivity index is 1.63. The van der Waals surface area contributed by atoms with Crippen molar-refractivity contribution >= 4 is 11.0 Å². The summed E-state index contributed by atoms with van der Waals surface area (Å²) in [5.41, 5.74) is -0.519. The summed E-state index contributed by atoms with van der Waals surface area (Å²) in [6.45, 7) is -0.593. The van der Waals surface area contributed by atoms with Gasteiger partial charge in [-0.2, -0.15) is 0 Å². The van der Waals surface area contributed by atoms with Gasteiger partial charge in [0.2, 0.25) is 17.5 Å². The lowest BCUT2D eigenvalue weighted by Crippen LogP contribution is -2.60. The lowest BCUT2D eigenvalue weighted by atomic mass is 9.99. The van der Waals surface area contributed by atoms with Gasteiger partial charge in [0.1, 0.15) is 52.6 Å². The molecule has 0 aliphatic carbocycles. The summed E-state index contributed by atoms with van der Waals surface area (Å²) in [6.07, 6.45) is -7.16. The molecule has 0 amide bonds. The Morgan fingerprint density at radius 3 is 2.30 bits per heavy atom. The van der Waals surface area contributed by atoms with Gasteiger partial charge in [0.15, 0.2) is 5.76 Å². The molecule has 6 N–H and O–H groups in total. The second-order valence-corrected chi connectivity index (χ2v) is 7.47. The summed E-state index contributed by atoms with van der Waals surface area (Å²) >= 11 is 0. The molecule has 4 rings (SSSR count). The molecule has 1 saturated heterocycles. The maximum absolute atomic E-state index is 12.6. The molecule has 1 fully saturated rings. The third-order valence-corrected chi connectivity index (χ3v) is 5.38. The summed E-state index contributed by atoms with van der Waals surface area (Å²) in [5.74, 6) is -0.818. The van der Waals surface area contributed by atoms with Crippen molar-refractivity contribution < 1.29 is 49.3 Å². The van der Waals surface area contributed by atoms with Crippen LogP contribution in [0.1, 0.15) is 0 Å². The quantitative estimate of drug-likeness (QED) is 0.302. The molecule has 5 unspecified atom stereocenters. The molecule has 1 aliphatic heterocycles. The maximum Gasteiger partial charge on any atom is 0.238 e. The van der Waals surface area contributed by atoms with E-state index >= 15 is 0 Å². The first-order valence-corrected chi connectivity index (χ1v) is 9.89. The van der Waals surface area contributed by atoms with E-state index in [-0.39, 0.29) is 28.2 Å². The van der Waals surface area contributed by atoms with Crippen molar-refractivity contribution in [3.05, 3.63) is 46.6 Å². The summed E-state index contributed by atoms with van der Waals surface area (Å²) in [4.78, 5) is 12.6. The fraction of sp³-hybridized carbons (Fsp3) is 0.318. The predicted molar refractivity (Wildman–Crippen MR) is 112 cm³/mol. The smallest absolute Gasteiger partial charge is 0.238 e. The fourth-order valence-electron chi connectivity index (χ4n) is 3.56. The van der Waals surface area contributed by atoms with E-state index in [1.165, 1.54) is 43.5 Å². The van der Waals surface area contributed by atoms with E-state index in [2.05, 4.69) is 0 Å². The Bertz CT molecular complexity index is 1200. The Morgan fingerprint density at radius 1 is 0.970 bits per heavy atom. The number of methoxy groups -OCH3 is 1. The third kappa shape index (κ3) is 4.08. The van der Waals surface area contributed by atoms with E-state index in [1.807, 2.05) is 0 Å². The monoisotopic (exact) mass is 462 g/mol. The van der Waals surface area contributed by atoms with E-state index in [4.69, 9.17) is 18.6 Å². The largest absolute Gasteiger partial charge is 0.507 e. The molecule has 176 valence electrons. The minimum atomic E-state index is -1.59. The molecule has 2 aromatic carbocycles. The highest BCUT2D eigenvalue weighted by atomic mass is 16.7.